The lowest BCUT2D eigenvalue weighted by atomic mass is 10.0. The van der Waals surface area contributed by atoms with Crippen molar-refractivity contribution in [2.24, 2.45) is 5.73 Å². The minimum absolute atomic E-state index is 0.103. The fourth-order valence-electron chi connectivity index (χ4n) is 2.46. The Morgan fingerprint density at radius 2 is 1.95 bits per heavy atom. The van der Waals surface area contributed by atoms with Crippen LogP contribution < -0.4 is 5.73 Å². The molecule has 1 aliphatic heterocycles. The summed E-state index contributed by atoms with van der Waals surface area (Å²) in [6.07, 6.45) is 0.170. The van der Waals surface area contributed by atoms with E-state index in [-0.39, 0.29) is 12.1 Å². The minimum atomic E-state index is 0.103. The van der Waals surface area contributed by atoms with Crippen LogP contribution in [0.3, 0.4) is 0 Å². The number of morpholine rings is 1. The van der Waals surface area contributed by atoms with Gasteiger partial charge in [-0.25, -0.2) is 0 Å². The van der Waals surface area contributed by atoms with E-state index in [1.807, 2.05) is 6.92 Å². The summed E-state index contributed by atoms with van der Waals surface area (Å²) in [4.78, 5) is 2.43. The van der Waals surface area contributed by atoms with Crippen molar-refractivity contribution in [3.05, 3.63) is 35.4 Å². The first kappa shape index (κ1) is 14.5. The third-order valence-electron chi connectivity index (χ3n) is 3.82. The van der Waals surface area contributed by atoms with Crippen LogP contribution in [0.1, 0.15) is 37.8 Å². The fourth-order valence-corrected chi connectivity index (χ4v) is 2.46. The lowest BCUT2D eigenvalue weighted by Gasteiger charge is -2.34. The van der Waals surface area contributed by atoms with Crippen LogP contribution in [0, 0.1) is 0 Å². The molecular formula is C16H26N2O. The Bertz CT molecular complexity index is 386. The molecule has 1 aliphatic rings. The normalized spacial score (nSPS) is 22.7. The topological polar surface area (TPSA) is 38.5 Å². The highest BCUT2D eigenvalue weighted by molar-refractivity contribution is 5.24. The number of hydrogen-bond donors (Lipinski definition) is 1. The molecular weight excluding hydrogens is 236 g/mol. The van der Waals surface area contributed by atoms with Gasteiger partial charge in [0.2, 0.25) is 0 Å². The standard InChI is InChI=1S/C16H26N2O/c1-12(2)15-6-4-14(5-7-15)10-18-8-9-19-16(11-18)13(3)17/h4-7,12-13,16H,8-11,17H2,1-3H3. The summed E-state index contributed by atoms with van der Waals surface area (Å²) >= 11 is 0. The van der Waals surface area contributed by atoms with E-state index in [9.17, 15) is 0 Å². The van der Waals surface area contributed by atoms with Crippen LogP contribution in [-0.2, 0) is 11.3 Å². The van der Waals surface area contributed by atoms with Gasteiger partial charge in [0.15, 0.2) is 0 Å². The highest BCUT2D eigenvalue weighted by Gasteiger charge is 2.23. The van der Waals surface area contributed by atoms with E-state index in [0.29, 0.717) is 5.92 Å². The summed E-state index contributed by atoms with van der Waals surface area (Å²) in [6, 6.07) is 9.07. The molecule has 0 bridgehead atoms. The first-order valence-electron chi connectivity index (χ1n) is 7.24. The summed E-state index contributed by atoms with van der Waals surface area (Å²) in [7, 11) is 0. The molecule has 1 heterocycles. The van der Waals surface area contributed by atoms with Crippen molar-refractivity contribution in [3.63, 3.8) is 0 Å². The van der Waals surface area contributed by atoms with Gasteiger partial charge in [-0.1, -0.05) is 38.1 Å². The Hall–Kier alpha value is -0.900. The van der Waals surface area contributed by atoms with Gasteiger partial charge in [0, 0.05) is 25.7 Å². The minimum Gasteiger partial charge on any atom is -0.374 e. The Kier molecular flexibility index (Phi) is 4.97. The zero-order valence-corrected chi connectivity index (χ0v) is 12.3. The molecule has 2 unspecified atom stereocenters. The largest absolute Gasteiger partial charge is 0.374 e. The van der Waals surface area contributed by atoms with E-state index in [1.54, 1.807) is 0 Å². The molecule has 0 aromatic heterocycles. The zero-order chi connectivity index (χ0) is 13.8. The van der Waals surface area contributed by atoms with Crippen molar-refractivity contribution in [1.82, 2.24) is 4.90 Å². The second-order valence-corrected chi connectivity index (χ2v) is 5.90. The Balaban J connectivity index is 1.93. The van der Waals surface area contributed by atoms with Crippen molar-refractivity contribution < 1.29 is 4.74 Å². The highest BCUT2D eigenvalue weighted by Crippen LogP contribution is 2.17. The summed E-state index contributed by atoms with van der Waals surface area (Å²) in [6.45, 7) is 10.2. The van der Waals surface area contributed by atoms with Crippen molar-refractivity contribution in [1.29, 1.82) is 0 Å². The summed E-state index contributed by atoms with van der Waals surface area (Å²) in [5.41, 5.74) is 8.70. The van der Waals surface area contributed by atoms with Gasteiger partial charge < -0.3 is 10.5 Å². The van der Waals surface area contributed by atoms with E-state index in [0.717, 1.165) is 26.2 Å². The number of nitrogens with two attached hydrogens (primary N) is 1. The molecule has 0 radical (unpaired) electrons. The van der Waals surface area contributed by atoms with Crippen molar-refractivity contribution in [2.45, 2.75) is 45.4 Å². The van der Waals surface area contributed by atoms with Gasteiger partial charge in [-0.2, -0.15) is 0 Å². The lowest BCUT2D eigenvalue weighted by molar-refractivity contribution is -0.0403. The molecule has 106 valence electrons. The number of benzene rings is 1. The lowest BCUT2D eigenvalue weighted by Crippen LogP contribution is -2.49. The van der Waals surface area contributed by atoms with Crippen LogP contribution in [0.4, 0.5) is 0 Å². The van der Waals surface area contributed by atoms with Crippen LogP contribution in [0.5, 0.6) is 0 Å². The Labute approximate surface area is 116 Å². The third kappa shape index (κ3) is 4.03. The predicted molar refractivity (Wildman–Crippen MR) is 79.2 cm³/mol. The van der Waals surface area contributed by atoms with Crippen LogP contribution in [0.2, 0.25) is 0 Å². The number of nitrogens with zero attached hydrogens (tertiary/aromatic N) is 1. The molecule has 2 rings (SSSR count). The molecule has 3 heteroatoms. The molecule has 2 atom stereocenters. The first-order valence-corrected chi connectivity index (χ1v) is 7.24. The second-order valence-electron chi connectivity index (χ2n) is 5.90. The molecule has 0 aliphatic carbocycles. The maximum Gasteiger partial charge on any atom is 0.0850 e. The van der Waals surface area contributed by atoms with Gasteiger partial charge in [0.25, 0.3) is 0 Å². The zero-order valence-electron chi connectivity index (χ0n) is 12.3. The molecule has 1 aromatic carbocycles. The maximum atomic E-state index is 5.92. The first-order chi connectivity index (χ1) is 9.06. The number of hydrogen-bond acceptors (Lipinski definition) is 3. The number of ether oxygens (including phenoxy) is 1. The molecule has 0 saturated carbocycles. The van der Waals surface area contributed by atoms with Gasteiger partial charge in [-0.3, -0.25) is 4.90 Å². The molecule has 1 fully saturated rings. The Morgan fingerprint density at radius 3 is 2.53 bits per heavy atom. The predicted octanol–water partition coefficient (Wildman–Crippen LogP) is 2.36. The molecule has 3 nitrogen and oxygen atoms in total. The third-order valence-corrected chi connectivity index (χ3v) is 3.82. The van der Waals surface area contributed by atoms with Crippen LogP contribution >= 0.6 is 0 Å². The quantitative estimate of drug-likeness (QED) is 0.905. The summed E-state index contributed by atoms with van der Waals surface area (Å²) < 4.78 is 5.69. The van der Waals surface area contributed by atoms with E-state index in [4.69, 9.17) is 10.5 Å². The second kappa shape index (κ2) is 6.51. The van der Waals surface area contributed by atoms with E-state index >= 15 is 0 Å². The average Bonchev–Trinajstić information content (AvgIpc) is 2.39. The van der Waals surface area contributed by atoms with Gasteiger partial charge in [-0.15, -0.1) is 0 Å². The van der Waals surface area contributed by atoms with Gasteiger partial charge in [0.05, 0.1) is 12.7 Å². The fraction of sp³-hybridized carbons (Fsp3) is 0.625. The molecule has 1 aromatic rings. The smallest absolute Gasteiger partial charge is 0.0850 e. The van der Waals surface area contributed by atoms with Crippen LogP contribution in [0.25, 0.3) is 0 Å². The molecule has 0 amide bonds. The van der Waals surface area contributed by atoms with Crippen molar-refractivity contribution in [2.75, 3.05) is 19.7 Å². The van der Waals surface area contributed by atoms with E-state index in [1.165, 1.54) is 11.1 Å². The van der Waals surface area contributed by atoms with Gasteiger partial charge >= 0.3 is 0 Å². The maximum absolute atomic E-state index is 5.92. The summed E-state index contributed by atoms with van der Waals surface area (Å²) in [5.74, 6) is 0.597. The monoisotopic (exact) mass is 262 g/mol. The van der Waals surface area contributed by atoms with Crippen molar-refractivity contribution >= 4 is 0 Å². The molecule has 0 spiro atoms. The van der Waals surface area contributed by atoms with E-state index in [2.05, 4.69) is 43.0 Å². The van der Waals surface area contributed by atoms with Crippen LogP contribution in [0.15, 0.2) is 24.3 Å². The molecule has 19 heavy (non-hydrogen) atoms. The van der Waals surface area contributed by atoms with Crippen LogP contribution in [-0.4, -0.2) is 36.7 Å². The Morgan fingerprint density at radius 1 is 1.26 bits per heavy atom. The average molecular weight is 262 g/mol. The molecule has 1 saturated heterocycles. The highest BCUT2D eigenvalue weighted by atomic mass is 16.5. The van der Waals surface area contributed by atoms with E-state index < -0.39 is 0 Å². The molecule has 2 N–H and O–H groups in total. The SMILES string of the molecule is CC(C)c1ccc(CN2CCOC(C(C)N)C2)cc1. The van der Waals surface area contributed by atoms with Gasteiger partial charge in [0.1, 0.15) is 0 Å². The number of rotatable bonds is 4. The summed E-state index contributed by atoms with van der Waals surface area (Å²) in [5, 5.41) is 0. The van der Waals surface area contributed by atoms with Crippen molar-refractivity contribution in [3.8, 4) is 0 Å². The van der Waals surface area contributed by atoms with Gasteiger partial charge in [-0.05, 0) is 24.0 Å².